The summed E-state index contributed by atoms with van der Waals surface area (Å²) in [5.41, 5.74) is 0.957. The molecule has 0 N–H and O–H groups in total. The molecule has 6 heteroatoms. The van der Waals surface area contributed by atoms with Crippen molar-refractivity contribution >= 4 is 12.2 Å². The van der Waals surface area contributed by atoms with Gasteiger partial charge in [0.2, 0.25) is 0 Å². The van der Waals surface area contributed by atoms with Crippen LogP contribution in [0.5, 0.6) is 0 Å². The van der Waals surface area contributed by atoms with Crippen LogP contribution in [0.25, 0.3) is 0 Å². The first-order valence-electron chi connectivity index (χ1n) is 6.63. The van der Waals surface area contributed by atoms with Gasteiger partial charge in [0.25, 0.3) is 0 Å². The van der Waals surface area contributed by atoms with Crippen LogP contribution in [0.4, 0.5) is 9.59 Å². The van der Waals surface area contributed by atoms with E-state index in [1.807, 2.05) is 30.3 Å². The Balaban J connectivity index is 1.52. The number of carbonyl (C=O) groups excluding carboxylic acids is 2. The molecule has 1 atom stereocenters. The van der Waals surface area contributed by atoms with E-state index in [0.717, 1.165) is 5.56 Å². The predicted molar refractivity (Wildman–Crippen MR) is 70.0 cm³/mol. The summed E-state index contributed by atoms with van der Waals surface area (Å²) in [6.07, 6.45) is -0.625. The Hall–Kier alpha value is -2.24. The van der Waals surface area contributed by atoms with Gasteiger partial charge in [0.1, 0.15) is 13.2 Å². The molecule has 2 fully saturated rings. The van der Waals surface area contributed by atoms with Crippen molar-refractivity contribution in [3.05, 3.63) is 35.9 Å². The Morgan fingerprint density at radius 2 is 2.10 bits per heavy atom. The summed E-state index contributed by atoms with van der Waals surface area (Å²) in [6.45, 7) is 2.07. The van der Waals surface area contributed by atoms with Crippen molar-refractivity contribution in [1.82, 2.24) is 9.80 Å². The molecule has 0 bridgehead atoms. The van der Waals surface area contributed by atoms with Crippen molar-refractivity contribution in [3.8, 4) is 0 Å². The molecule has 0 radical (unpaired) electrons. The van der Waals surface area contributed by atoms with Gasteiger partial charge >= 0.3 is 12.2 Å². The van der Waals surface area contributed by atoms with Gasteiger partial charge in [0.05, 0.1) is 6.04 Å². The van der Waals surface area contributed by atoms with Gasteiger partial charge in [0, 0.05) is 19.6 Å². The number of ether oxygens (including phenoxy) is 2. The number of cyclic esters (lactones) is 1. The molecule has 1 aromatic rings. The summed E-state index contributed by atoms with van der Waals surface area (Å²) >= 11 is 0. The van der Waals surface area contributed by atoms with Crippen molar-refractivity contribution in [2.75, 3.05) is 26.2 Å². The molecular weight excluding hydrogens is 260 g/mol. The highest BCUT2D eigenvalue weighted by molar-refractivity contribution is 5.72. The largest absolute Gasteiger partial charge is 0.447 e. The third kappa shape index (κ3) is 2.54. The fraction of sp³-hybridized carbons (Fsp3) is 0.429. The lowest BCUT2D eigenvalue weighted by atomic mass is 10.2. The van der Waals surface area contributed by atoms with Gasteiger partial charge in [-0.25, -0.2) is 9.59 Å². The lowest BCUT2D eigenvalue weighted by molar-refractivity contribution is 0.0682. The van der Waals surface area contributed by atoms with Crippen LogP contribution in [0, 0.1) is 0 Å². The third-order valence-electron chi connectivity index (χ3n) is 3.58. The van der Waals surface area contributed by atoms with E-state index >= 15 is 0 Å². The Kier molecular flexibility index (Phi) is 3.45. The van der Waals surface area contributed by atoms with Crippen LogP contribution in [-0.2, 0) is 16.1 Å². The van der Waals surface area contributed by atoms with Crippen LogP contribution in [0.2, 0.25) is 0 Å². The van der Waals surface area contributed by atoms with Gasteiger partial charge in [-0.2, -0.15) is 0 Å². The van der Waals surface area contributed by atoms with Crippen LogP contribution in [0.15, 0.2) is 30.3 Å². The molecule has 0 aliphatic carbocycles. The number of carbonyl (C=O) groups is 2. The van der Waals surface area contributed by atoms with Gasteiger partial charge in [-0.1, -0.05) is 30.3 Å². The molecule has 20 heavy (non-hydrogen) atoms. The molecular formula is C14H16N2O4. The maximum Gasteiger partial charge on any atom is 0.410 e. The molecule has 1 aromatic carbocycles. The standard InChI is InChI=1S/C14H16N2O4/c17-13(19-9-11-4-2-1-3-5-11)15-6-7-16-12(8-15)10-20-14(16)18/h1-5,12H,6-10H2. The highest BCUT2D eigenvalue weighted by Gasteiger charge is 2.39. The minimum Gasteiger partial charge on any atom is -0.447 e. The molecule has 2 aliphatic heterocycles. The molecule has 2 aliphatic rings. The zero-order chi connectivity index (χ0) is 13.9. The monoisotopic (exact) mass is 276 g/mol. The number of rotatable bonds is 2. The summed E-state index contributed by atoms with van der Waals surface area (Å²) in [6, 6.07) is 9.51. The van der Waals surface area contributed by atoms with Gasteiger partial charge in [0.15, 0.2) is 0 Å². The quantitative estimate of drug-likeness (QED) is 0.820. The molecule has 106 valence electrons. The second-order valence-corrected chi connectivity index (χ2v) is 4.91. The number of hydrogen-bond acceptors (Lipinski definition) is 4. The smallest absolute Gasteiger partial charge is 0.410 e. The summed E-state index contributed by atoms with van der Waals surface area (Å²) in [7, 11) is 0. The van der Waals surface area contributed by atoms with E-state index in [-0.39, 0.29) is 24.8 Å². The summed E-state index contributed by atoms with van der Waals surface area (Å²) in [4.78, 5) is 26.7. The number of amides is 2. The summed E-state index contributed by atoms with van der Waals surface area (Å²) in [5, 5.41) is 0. The molecule has 6 nitrogen and oxygen atoms in total. The Morgan fingerprint density at radius 1 is 1.30 bits per heavy atom. The summed E-state index contributed by atoms with van der Waals surface area (Å²) in [5.74, 6) is 0. The SMILES string of the molecule is O=C(OCc1ccccc1)N1CCN2C(=O)OCC2C1. The normalized spacial score (nSPS) is 21.4. The first kappa shape index (κ1) is 12.8. The minimum absolute atomic E-state index is 0.0412. The van der Waals surface area contributed by atoms with Crippen molar-refractivity contribution in [1.29, 1.82) is 0 Å². The minimum atomic E-state index is -0.340. The van der Waals surface area contributed by atoms with Crippen molar-refractivity contribution < 1.29 is 19.1 Å². The van der Waals surface area contributed by atoms with E-state index in [9.17, 15) is 9.59 Å². The van der Waals surface area contributed by atoms with Crippen LogP contribution in [0.3, 0.4) is 0 Å². The van der Waals surface area contributed by atoms with Crippen molar-refractivity contribution in [2.45, 2.75) is 12.6 Å². The topological polar surface area (TPSA) is 59.1 Å². The van der Waals surface area contributed by atoms with Gasteiger partial charge in [-0.15, -0.1) is 0 Å². The maximum atomic E-state index is 12.0. The molecule has 2 heterocycles. The number of hydrogen-bond donors (Lipinski definition) is 0. The Labute approximate surface area is 116 Å². The average molecular weight is 276 g/mol. The van der Waals surface area contributed by atoms with Crippen LogP contribution in [0.1, 0.15) is 5.56 Å². The number of benzene rings is 1. The second-order valence-electron chi connectivity index (χ2n) is 4.91. The summed E-state index contributed by atoms with van der Waals surface area (Å²) < 4.78 is 10.3. The van der Waals surface area contributed by atoms with E-state index in [2.05, 4.69) is 0 Å². The van der Waals surface area contributed by atoms with Crippen LogP contribution in [-0.4, -0.2) is 54.3 Å². The highest BCUT2D eigenvalue weighted by atomic mass is 16.6. The average Bonchev–Trinajstić information content (AvgIpc) is 2.87. The highest BCUT2D eigenvalue weighted by Crippen LogP contribution is 2.18. The van der Waals surface area contributed by atoms with Gasteiger partial charge in [-0.3, -0.25) is 4.90 Å². The van der Waals surface area contributed by atoms with Crippen LogP contribution < -0.4 is 0 Å². The number of nitrogens with zero attached hydrogens (tertiary/aromatic N) is 2. The fourth-order valence-corrected chi connectivity index (χ4v) is 2.47. The molecule has 3 rings (SSSR count). The van der Waals surface area contributed by atoms with Crippen LogP contribution >= 0.6 is 0 Å². The molecule has 2 saturated heterocycles. The molecule has 0 saturated carbocycles. The third-order valence-corrected chi connectivity index (χ3v) is 3.58. The van der Waals surface area contributed by atoms with Crippen molar-refractivity contribution in [2.24, 2.45) is 0 Å². The Bertz CT molecular complexity index is 505. The number of fused-ring (bicyclic) bond motifs is 1. The Morgan fingerprint density at radius 3 is 2.90 bits per heavy atom. The lowest BCUT2D eigenvalue weighted by Gasteiger charge is -2.34. The fourth-order valence-electron chi connectivity index (χ4n) is 2.47. The first-order chi connectivity index (χ1) is 9.74. The maximum absolute atomic E-state index is 12.0. The predicted octanol–water partition coefficient (Wildman–Crippen LogP) is 1.46. The van der Waals surface area contributed by atoms with E-state index in [1.54, 1.807) is 9.80 Å². The van der Waals surface area contributed by atoms with E-state index < -0.39 is 0 Å². The van der Waals surface area contributed by atoms with Gasteiger partial charge < -0.3 is 14.4 Å². The molecule has 0 spiro atoms. The molecule has 2 amide bonds. The second kappa shape index (κ2) is 5.40. The van der Waals surface area contributed by atoms with Gasteiger partial charge in [-0.05, 0) is 5.56 Å². The van der Waals surface area contributed by atoms with E-state index in [0.29, 0.717) is 26.2 Å². The lowest BCUT2D eigenvalue weighted by Crippen LogP contribution is -2.53. The van der Waals surface area contributed by atoms with E-state index in [1.165, 1.54) is 0 Å². The van der Waals surface area contributed by atoms with Crippen molar-refractivity contribution in [3.63, 3.8) is 0 Å². The first-order valence-corrected chi connectivity index (χ1v) is 6.63. The zero-order valence-corrected chi connectivity index (χ0v) is 11.0. The number of piperazine rings is 1. The molecule has 0 aromatic heterocycles. The van der Waals surface area contributed by atoms with E-state index in [4.69, 9.17) is 9.47 Å². The zero-order valence-electron chi connectivity index (χ0n) is 11.0. The molecule has 1 unspecified atom stereocenters.